The van der Waals surface area contributed by atoms with E-state index in [0.717, 1.165) is 6.42 Å². The summed E-state index contributed by atoms with van der Waals surface area (Å²) < 4.78 is 13.4. The van der Waals surface area contributed by atoms with Gasteiger partial charge < -0.3 is 5.11 Å². The second kappa shape index (κ2) is 3.62. The predicted molar refractivity (Wildman–Crippen MR) is 52.0 cm³/mol. The zero-order valence-electron chi connectivity index (χ0n) is 8.47. The maximum atomic E-state index is 13.4. The van der Waals surface area contributed by atoms with Crippen LogP contribution in [0.25, 0.3) is 0 Å². The fourth-order valence-electron chi connectivity index (χ4n) is 1.79. The molecule has 0 amide bonds. The van der Waals surface area contributed by atoms with E-state index in [9.17, 15) is 9.50 Å². The number of rotatable bonds is 2. The Morgan fingerprint density at radius 2 is 2.23 bits per heavy atom. The largest absolute Gasteiger partial charge is 0.389 e. The molecule has 0 saturated carbocycles. The van der Waals surface area contributed by atoms with Crippen LogP contribution >= 0.6 is 0 Å². The highest BCUT2D eigenvalue weighted by atomic mass is 19.1. The first-order valence-corrected chi connectivity index (χ1v) is 4.74. The topological polar surface area (TPSA) is 20.2 Å². The van der Waals surface area contributed by atoms with E-state index in [1.165, 1.54) is 6.08 Å². The van der Waals surface area contributed by atoms with Crippen LogP contribution in [0.15, 0.2) is 23.6 Å². The molecule has 1 rings (SSSR count). The van der Waals surface area contributed by atoms with Crippen LogP contribution in [0.2, 0.25) is 0 Å². The van der Waals surface area contributed by atoms with Crippen molar-refractivity contribution in [2.45, 2.75) is 39.7 Å². The monoisotopic (exact) mass is 184 g/mol. The average molecular weight is 184 g/mol. The standard InChI is InChI=1S/C11H17FO/c1-4-9(13)10-8(12)6-5-7-11(10,2)3/h5-6,9,13H,4,7H2,1-3H3. The third-order valence-corrected chi connectivity index (χ3v) is 2.60. The first-order chi connectivity index (χ1) is 5.99. The van der Waals surface area contributed by atoms with E-state index >= 15 is 0 Å². The van der Waals surface area contributed by atoms with Crippen LogP contribution in [0.3, 0.4) is 0 Å². The van der Waals surface area contributed by atoms with Crippen molar-refractivity contribution in [1.82, 2.24) is 0 Å². The van der Waals surface area contributed by atoms with Crippen molar-refractivity contribution in [2.75, 3.05) is 0 Å². The molecule has 0 aromatic rings. The molecule has 0 fully saturated rings. The normalized spacial score (nSPS) is 23.5. The van der Waals surface area contributed by atoms with Gasteiger partial charge in [0.2, 0.25) is 0 Å². The van der Waals surface area contributed by atoms with Gasteiger partial charge in [0.05, 0.1) is 6.10 Å². The van der Waals surface area contributed by atoms with Crippen molar-refractivity contribution in [3.05, 3.63) is 23.6 Å². The van der Waals surface area contributed by atoms with Crippen LogP contribution in [0.1, 0.15) is 33.6 Å². The Kier molecular flexibility index (Phi) is 2.91. The molecule has 1 atom stereocenters. The highest BCUT2D eigenvalue weighted by molar-refractivity contribution is 5.32. The van der Waals surface area contributed by atoms with Gasteiger partial charge in [-0.25, -0.2) is 4.39 Å². The minimum Gasteiger partial charge on any atom is -0.389 e. The zero-order chi connectivity index (χ0) is 10.1. The third kappa shape index (κ3) is 1.99. The lowest BCUT2D eigenvalue weighted by Crippen LogP contribution is -2.26. The number of allylic oxidation sites excluding steroid dienone is 3. The summed E-state index contributed by atoms with van der Waals surface area (Å²) in [4.78, 5) is 0. The predicted octanol–water partition coefficient (Wildman–Crippen LogP) is 2.97. The van der Waals surface area contributed by atoms with Crippen molar-refractivity contribution in [3.63, 3.8) is 0 Å². The number of aliphatic hydroxyl groups is 1. The molecule has 1 aliphatic rings. The van der Waals surface area contributed by atoms with Crippen LogP contribution in [0.4, 0.5) is 4.39 Å². The SMILES string of the molecule is CCC(O)C1=C(F)C=CCC1(C)C. The molecule has 0 bridgehead atoms. The van der Waals surface area contributed by atoms with Crippen LogP contribution in [-0.4, -0.2) is 11.2 Å². The summed E-state index contributed by atoms with van der Waals surface area (Å²) in [6.07, 6.45) is 4.01. The second-order valence-corrected chi connectivity index (χ2v) is 4.18. The van der Waals surface area contributed by atoms with Gasteiger partial charge >= 0.3 is 0 Å². The Labute approximate surface area is 79.0 Å². The molecule has 0 spiro atoms. The highest BCUT2D eigenvalue weighted by Gasteiger charge is 2.31. The molecule has 13 heavy (non-hydrogen) atoms. The van der Waals surface area contributed by atoms with E-state index in [1.807, 2.05) is 26.8 Å². The van der Waals surface area contributed by atoms with Gasteiger partial charge in [0.25, 0.3) is 0 Å². The summed E-state index contributed by atoms with van der Waals surface area (Å²) in [5.74, 6) is -0.259. The van der Waals surface area contributed by atoms with E-state index in [0.29, 0.717) is 12.0 Å². The molecule has 1 nitrogen and oxygen atoms in total. The van der Waals surface area contributed by atoms with Gasteiger partial charge in [-0.2, -0.15) is 0 Å². The van der Waals surface area contributed by atoms with Crippen LogP contribution < -0.4 is 0 Å². The Balaban J connectivity index is 3.04. The maximum Gasteiger partial charge on any atom is 0.125 e. The van der Waals surface area contributed by atoms with E-state index in [1.54, 1.807) is 0 Å². The van der Waals surface area contributed by atoms with E-state index < -0.39 is 6.10 Å². The molecule has 0 radical (unpaired) electrons. The summed E-state index contributed by atoms with van der Waals surface area (Å²) >= 11 is 0. The minimum absolute atomic E-state index is 0.242. The lowest BCUT2D eigenvalue weighted by atomic mass is 9.75. The van der Waals surface area contributed by atoms with Crippen molar-refractivity contribution in [1.29, 1.82) is 0 Å². The molecule has 0 saturated heterocycles. The van der Waals surface area contributed by atoms with Gasteiger partial charge in [-0.3, -0.25) is 0 Å². The summed E-state index contributed by atoms with van der Waals surface area (Å²) in [6, 6.07) is 0. The Hall–Kier alpha value is -0.630. The first kappa shape index (κ1) is 10.5. The van der Waals surface area contributed by atoms with Gasteiger partial charge in [-0.15, -0.1) is 0 Å². The summed E-state index contributed by atoms with van der Waals surface area (Å²) in [5.41, 5.74) is 0.311. The number of hydrogen-bond acceptors (Lipinski definition) is 1. The molecule has 1 N–H and O–H groups in total. The lowest BCUT2D eigenvalue weighted by Gasteiger charge is -2.32. The fourth-order valence-corrected chi connectivity index (χ4v) is 1.79. The molecule has 74 valence electrons. The quantitative estimate of drug-likeness (QED) is 0.699. The third-order valence-electron chi connectivity index (χ3n) is 2.60. The van der Waals surface area contributed by atoms with Crippen molar-refractivity contribution >= 4 is 0 Å². The minimum atomic E-state index is -0.639. The smallest absolute Gasteiger partial charge is 0.125 e. The van der Waals surface area contributed by atoms with Crippen molar-refractivity contribution in [2.24, 2.45) is 5.41 Å². The van der Waals surface area contributed by atoms with Gasteiger partial charge in [-0.1, -0.05) is 26.8 Å². The molecule has 0 aromatic carbocycles. The maximum absolute atomic E-state index is 13.4. The summed E-state index contributed by atoms with van der Waals surface area (Å²) in [7, 11) is 0. The van der Waals surface area contributed by atoms with Crippen LogP contribution in [0, 0.1) is 5.41 Å². The number of hydrogen-bond donors (Lipinski definition) is 1. The molecule has 2 heteroatoms. The van der Waals surface area contributed by atoms with E-state index in [-0.39, 0.29) is 11.2 Å². The van der Waals surface area contributed by atoms with Gasteiger partial charge in [0.1, 0.15) is 5.83 Å². The number of halogens is 1. The van der Waals surface area contributed by atoms with Crippen LogP contribution in [-0.2, 0) is 0 Å². The fraction of sp³-hybridized carbons (Fsp3) is 0.636. The summed E-state index contributed by atoms with van der Waals surface area (Å²) in [6.45, 7) is 5.79. The summed E-state index contributed by atoms with van der Waals surface area (Å²) in [5, 5.41) is 9.66. The van der Waals surface area contributed by atoms with E-state index in [2.05, 4.69) is 0 Å². The molecule has 1 aliphatic carbocycles. The van der Waals surface area contributed by atoms with E-state index in [4.69, 9.17) is 0 Å². The Bertz CT molecular complexity index is 251. The Morgan fingerprint density at radius 1 is 1.62 bits per heavy atom. The molecule has 0 aromatic heterocycles. The van der Waals surface area contributed by atoms with Gasteiger partial charge in [0.15, 0.2) is 0 Å². The number of aliphatic hydroxyl groups excluding tert-OH is 1. The van der Waals surface area contributed by atoms with Gasteiger partial charge in [0, 0.05) is 0 Å². The molecule has 0 heterocycles. The first-order valence-electron chi connectivity index (χ1n) is 4.74. The molecule has 0 aliphatic heterocycles. The Morgan fingerprint density at radius 3 is 2.69 bits per heavy atom. The van der Waals surface area contributed by atoms with Crippen molar-refractivity contribution in [3.8, 4) is 0 Å². The molecular formula is C11H17FO. The highest BCUT2D eigenvalue weighted by Crippen LogP contribution is 2.39. The van der Waals surface area contributed by atoms with Crippen molar-refractivity contribution < 1.29 is 9.50 Å². The van der Waals surface area contributed by atoms with Gasteiger partial charge in [-0.05, 0) is 29.9 Å². The zero-order valence-corrected chi connectivity index (χ0v) is 8.47. The molecular weight excluding hydrogens is 167 g/mol. The van der Waals surface area contributed by atoms with Crippen LogP contribution in [0.5, 0.6) is 0 Å². The second-order valence-electron chi connectivity index (χ2n) is 4.18. The lowest BCUT2D eigenvalue weighted by molar-refractivity contribution is 0.170. The average Bonchev–Trinajstić information content (AvgIpc) is 2.02. The molecule has 1 unspecified atom stereocenters.